The molecule has 1 aromatic carbocycles. The van der Waals surface area contributed by atoms with Crippen LogP contribution in [0.4, 0.5) is 0 Å². The first-order valence-corrected chi connectivity index (χ1v) is 7.34. The van der Waals surface area contributed by atoms with Gasteiger partial charge in [-0.15, -0.1) is 0 Å². The summed E-state index contributed by atoms with van der Waals surface area (Å²) in [5, 5.41) is 0. The third kappa shape index (κ3) is 2.69. The quantitative estimate of drug-likeness (QED) is 0.738. The summed E-state index contributed by atoms with van der Waals surface area (Å²) in [5.74, 6) is -1.36. The Morgan fingerprint density at radius 1 is 1.38 bits per heavy atom. The second-order valence-corrected chi connectivity index (χ2v) is 6.60. The molecule has 0 fully saturated rings. The first kappa shape index (κ1) is 15.3. The van der Waals surface area contributed by atoms with Crippen LogP contribution in [0.3, 0.4) is 0 Å². The van der Waals surface area contributed by atoms with Crippen LogP contribution in [-0.2, 0) is 26.1 Å². The van der Waals surface area contributed by atoms with Crippen molar-refractivity contribution in [1.29, 1.82) is 0 Å². The number of hydrogen-bond donors (Lipinski definition) is 0. The number of carbonyl (C=O) groups excluding carboxylic acids is 1. The molecule has 0 aliphatic heterocycles. The van der Waals surface area contributed by atoms with E-state index in [4.69, 9.17) is 4.42 Å². The van der Waals surface area contributed by atoms with Crippen LogP contribution in [0.1, 0.15) is 0 Å². The first-order valence-electron chi connectivity index (χ1n) is 5.90. The Bertz CT molecular complexity index is 846. The highest BCUT2D eigenvalue weighted by Gasteiger charge is 2.20. The van der Waals surface area contributed by atoms with Crippen molar-refractivity contribution in [2.24, 2.45) is 0 Å². The molecule has 114 valence electrons. The van der Waals surface area contributed by atoms with Gasteiger partial charge in [0.25, 0.3) is 0 Å². The zero-order valence-corrected chi connectivity index (χ0v) is 12.5. The lowest BCUT2D eigenvalue weighted by atomic mass is 10.3. The number of fused-ring (bicyclic) bond motifs is 1. The minimum Gasteiger partial charge on any atom is -0.468 e. The van der Waals surface area contributed by atoms with E-state index in [1.807, 2.05) is 0 Å². The number of nitrogens with zero attached hydrogens (tertiary/aromatic N) is 2. The summed E-state index contributed by atoms with van der Waals surface area (Å²) in [6, 6.07) is 4.01. The molecule has 1 aromatic heterocycles. The topological polar surface area (TPSA) is 98.8 Å². The Labute approximate surface area is 120 Å². The van der Waals surface area contributed by atoms with Crippen LogP contribution in [0.15, 0.2) is 32.3 Å². The smallest absolute Gasteiger partial charge is 0.420 e. The summed E-state index contributed by atoms with van der Waals surface area (Å²) >= 11 is 0. The number of benzene rings is 1. The van der Waals surface area contributed by atoms with E-state index in [0.29, 0.717) is 5.52 Å². The molecule has 0 bridgehead atoms. The van der Waals surface area contributed by atoms with Gasteiger partial charge < -0.3 is 9.15 Å². The molecule has 0 spiro atoms. The molecule has 0 radical (unpaired) electrons. The maximum absolute atomic E-state index is 12.0. The highest BCUT2D eigenvalue weighted by molar-refractivity contribution is 7.89. The lowest BCUT2D eigenvalue weighted by Crippen LogP contribution is -2.22. The van der Waals surface area contributed by atoms with E-state index in [1.54, 1.807) is 0 Å². The van der Waals surface area contributed by atoms with Crippen molar-refractivity contribution in [3.63, 3.8) is 0 Å². The molecule has 8 nitrogen and oxygen atoms in total. The summed E-state index contributed by atoms with van der Waals surface area (Å²) < 4.78 is 35.6. The molecule has 0 atom stereocenters. The molecular weight excluding hydrogens is 300 g/mol. The molecule has 0 saturated carbocycles. The predicted molar refractivity (Wildman–Crippen MR) is 73.4 cm³/mol. The average molecular weight is 314 g/mol. The van der Waals surface area contributed by atoms with Gasteiger partial charge >= 0.3 is 11.7 Å². The number of sulfonamides is 1. The summed E-state index contributed by atoms with van der Waals surface area (Å²) in [4.78, 5) is 23.0. The fourth-order valence-corrected chi connectivity index (χ4v) is 2.68. The number of aromatic nitrogens is 1. The van der Waals surface area contributed by atoms with Gasteiger partial charge in [-0.1, -0.05) is 0 Å². The zero-order chi connectivity index (χ0) is 15.8. The predicted octanol–water partition coefficient (Wildman–Crippen LogP) is 0.0178. The largest absolute Gasteiger partial charge is 0.468 e. The van der Waals surface area contributed by atoms with E-state index in [2.05, 4.69) is 4.74 Å². The van der Waals surface area contributed by atoms with Crippen LogP contribution in [0, 0.1) is 0 Å². The van der Waals surface area contributed by atoms with Crippen LogP contribution in [0.2, 0.25) is 0 Å². The van der Waals surface area contributed by atoms with Gasteiger partial charge in [-0.05, 0) is 12.1 Å². The molecule has 2 rings (SSSR count). The maximum atomic E-state index is 12.0. The lowest BCUT2D eigenvalue weighted by Gasteiger charge is -2.10. The van der Waals surface area contributed by atoms with Gasteiger partial charge in [0.05, 0.1) is 17.5 Å². The van der Waals surface area contributed by atoms with Crippen molar-refractivity contribution in [3.8, 4) is 0 Å². The van der Waals surface area contributed by atoms with Crippen molar-refractivity contribution < 1.29 is 22.4 Å². The summed E-state index contributed by atoms with van der Waals surface area (Å²) in [5.41, 5.74) is 0.412. The Morgan fingerprint density at radius 2 is 2.05 bits per heavy atom. The Kier molecular flexibility index (Phi) is 3.88. The molecule has 21 heavy (non-hydrogen) atoms. The monoisotopic (exact) mass is 314 g/mol. The van der Waals surface area contributed by atoms with E-state index >= 15 is 0 Å². The van der Waals surface area contributed by atoms with Crippen molar-refractivity contribution in [3.05, 3.63) is 28.7 Å². The molecule has 0 unspecified atom stereocenters. The highest BCUT2D eigenvalue weighted by Crippen LogP contribution is 2.20. The van der Waals surface area contributed by atoms with Gasteiger partial charge in [-0.3, -0.25) is 9.36 Å². The molecule has 9 heteroatoms. The molecule has 1 heterocycles. The number of oxazole rings is 1. The van der Waals surface area contributed by atoms with Crippen molar-refractivity contribution in [2.75, 3.05) is 21.2 Å². The second-order valence-electron chi connectivity index (χ2n) is 4.45. The number of rotatable bonds is 4. The second kappa shape index (κ2) is 5.34. The molecule has 0 amide bonds. The summed E-state index contributed by atoms with van der Waals surface area (Å²) in [6.07, 6.45) is 0. The summed E-state index contributed by atoms with van der Waals surface area (Å²) in [7, 11) is 0.378. The van der Waals surface area contributed by atoms with E-state index in [9.17, 15) is 18.0 Å². The van der Waals surface area contributed by atoms with Crippen LogP contribution in [-0.4, -0.2) is 44.5 Å². The number of ether oxygens (including phenoxy) is 1. The van der Waals surface area contributed by atoms with Gasteiger partial charge in [0.2, 0.25) is 10.0 Å². The van der Waals surface area contributed by atoms with Gasteiger partial charge in [0.1, 0.15) is 6.54 Å². The van der Waals surface area contributed by atoms with Crippen LogP contribution < -0.4 is 5.76 Å². The van der Waals surface area contributed by atoms with Gasteiger partial charge in [0, 0.05) is 20.2 Å². The average Bonchev–Trinajstić information content (AvgIpc) is 2.73. The first-order chi connectivity index (χ1) is 9.77. The summed E-state index contributed by atoms with van der Waals surface area (Å²) in [6.45, 7) is -0.303. The standard InChI is InChI=1S/C12H14N2O6S/c1-13(2)21(17,18)8-4-5-9-10(6-8)20-12(16)14(9)7-11(15)19-3/h4-6H,7H2,1-3H3. The number of esters is 1. The molecular formula is C12H14N2O6S. The highest BCUT2D eigenvalue weighted by atomic mass is 32.2. The zero-order valence-electron chi connectivity index (χ0n) is 11.7. The molecule has 0 saturated heterocycles. The number of carbonyl (C=O) groups is 1. The fraction of sp³-hybridized carbons (Fsp3) is 0.333. The molecule has 0 aliphatic rings. The minimum absolute atomic E-state index is 0.000956. The third-order valence-electron chi connectivity index (χ3n) is 2.93. The van der Waals surface area contributed by atoms with Gasteiger partial charge in [-0.25, -0.2) is 17.5 Å². The van der Waals surface area contributed by atoms with Crippen LogP contribution >= 0.6 is 0 Å². The van der Waals surface area contributed by atoms with Gasteiger partial charge in [-0.2, -0.15) is 0 Å². The normalized spacial score (nSPS) is 12.0. The van der Waals surface area contributed by atoms with E-state index in [1.165, 1.54) is 39.4 Å². The van der Waals surface area contributed by atoms with Gasteiger partial charge in [0.15, 0.2) is 5.58 Å². The van der Waals surface area contributed by atoms with E-state index in [0.717, 1.165) is 8.87 Å². The molecule has 0 N–H and O–H groups in total. The minimum atomic E-state index is -3.63. The van der Waals surface area contributed by atoms with Crippen molar-refractivity contribution in [1.82, 2.24) is 8.87 Å². The Hall–Kier alpha value is -2.13. The number of methoxy groups -OCH3 is 1. The maximum Gasteiger partial charge on any atom is 0.420 e. The van der Waals surface area contributed by atoms with Crippen LogP contribution in [0.5, 0.6) is 0 Å². The fourth-order valence-electron chi connectivity index (χ4n) is 1.76. The SMILES string of the molecule is COC(=O)Cn1c(=O)oc2cc(S(=O)(=O)N(C)C)ccc21. The lowest BCUT2D eigenvalue weighted by molar-refractivity contribution is -0.141. The van der Waals surface area contributed by atoms with Crippen LogP contribution in [0.25, 0.3) is 11.1 Å². The third-order valence-corrected chi connectivity index (χ3v) is 4.74. The van der Waals surface area contributed by atoms with Crippen molar-refractivity contribution >= 4 is 27.1 Å². The van der Waals surface area contributed by atoms with E-state index in [-0.39, 0.29) is 17.0 Å². The van der Waals surface area contributed by atoms with E-state index < -0.39 is 21.7 Å². The molecule has 2 aromatic rings. The Balaban J connectivity index is 2.58. The Morgan fingerprint density at radius 3 is 2.62 bits per heavy atom. The molecule has 0 aliphatic carbocycles. The van der Waals surface area contributed by atoms with Crippen molar-refractivity contribution in [2.45, 2.75) is 11.4 Å². The number of hydrogen-bond acceptors (Lipinski definition) is 6.